The van der Waals surface area contributed by atoms with Crippen LogP contribution in [-0.2, 0) is 4.74 Å². The number of benzene rings is 1. The van der Waals surface area contributed by atoms with E-state index in [0.717, 1.165) is 5.56 Å². The highest BCUT2D eigenvalue weighted by Gasteiger charge is 2.26. The first-order chi connectivity index (χ1) is 8.69. The average Bonchev–Trinajstić information content (AvgIpc) is 2.83. The van der Waals surface area contributed by atoms with Crippen LogP contribution < -0.4 is 19.5 Å². The number of halogens is 1. The third-order valence-corrected chi connectivity index (χ3v) is 2.76. The van der Waals surface area contributed by atoms with Crippen LogP contribution in [0.2, 0.25) is 0 Å². The van der Waals surface area contributed by atoms with E-state index in [4.69, 9.17) is 18.9 Å². The van der Waals surface area contributed by atoms with Gasteiger partial charge in [-0.15, -0.1) is 12.4 Å². The van der Waals surface area contributed by atoms with Crippen molar-refractivity contribution in [1.29, 1.82) is 0 Å². The summed E-state index contributed by atoms with van der Waals surface area (Å²) in [6.45, 7) is 0.289. The van der Waals surface area contributed by atoms with E-state index in [1.165, 1.54) is 0 Å². The fourth-order valence-electron chi connectivity index (χ4n) is 1.87. The van der Waals surface area contributed by atoms with E-state index in [1.807, 2.05) is 0 Å². The zero-order chi connectivity index (χ0) is 13.1. The standard InChI is InChI=1S/C12H15NO5.ClH/c1-15-9-4-7(8-6-18-12(14)13-8)5-10(16-2)11(9)17-3;/h4-5,8H,6H2,1-3H3,(H,13,14);1H/t8-;/m0./s1. The maximum atomic E-state index is 11.0. The molecule has 106 valence electrons. The molecule has 0 saturated carbocycles. The van der Waals surface area contributed by atoms with Gasteiger partial charge in [-0.3, -0.25) is 0 Å². The summed E-state index contributed by atoms with van der Waals surface area (Å²) in [5.74, 6) is 1.62. The van der Waals surface area contributed by atoms with Crippen molar-refractivity contribution in [1.82, 2.24) is 5.32 Å². The van der Waals surface area contributed by atoms with E-state index in [-0.39, 0.29) is 25.1 Å². The summed E-state index contributed by atoms with van der Waals surface area (Å²) in [6.07, 6.45) is -0.422. The van der Waals surface area contributed by atoms with Gasteiger partial charge in [-0.2, -0.15) is 0 Å². The molecule has 1 atom stereocenters. The van der Waals surface area contributed by atoms with Gasteiger partial charge in [-0.05, 0) is 17.7 Å². The van der Waals surface area contributed by atoms with Gasteiger partial charge in [0, 0.05) is 0 Å². The molecule has 1 aromatic carbocycles. The lowest BCUT2D eigenvalue weighted by atomic mass is 10.1. The van der Waals surface area contributed by atoms with Gasteiger partial charge in [-0.1, -0.05) is 0 Å². The Hall–Kier alpha value is -1.82. The first-order valence-corrected chi connectivity index (χ1v) is 5.42. The number of cyclic esters (lactones) is 1. The van der Waals surface area contributed by atoms with Gasteiger partial charge in [-0.25, -0.2) is 4.79 Å². The minimum atomic E-state index is -0.422. The van der Waals surface area contributed by atoms with Gasteiger partial charge in [0.1, 0.15) is 6.61 Å². The zero-order valence-corrected chi connectivity index (χ0v) is 11.7. The minimum Gasteiger partial charge on any atom is -0.493 e. The molecule has 1 saturated heterocycles. The second-order valence-corrected chi connectivity index (χ2v) is 3.75. The number of carbonyl (C=O) groups excluding carboxylic acids is 1. The lowest BCUT2D eigenvalue weighted by Crippen LogP contribution is -2.18. The monoisotopic (exact) mass is 289 g/mol. The molecule has 1 aromatic rings. The fraction of sp³-hybridized carbons (Fsp3) is 0.417. The first-order valence-electron chi connectivity index (χ1n) is 5.42. The van der Waals surface area contributed by atoms with Crippen LogP contribution in [-0.4, -0.2) is 34.0 Å². The molecule has 0 bridgehead atoms. The molecule has 1 aliphatic rings. The van der Waals surface area contributed by atoms with Gasteiger partial charge < -0.3 is 24.3 Å². The molecule has 0 radical (unpaired) electrons. The molecule has 0 unspecified atom stereocenters. The number of amides is 1. The molecule has 0 spiro atoms. The predicted octanol–water partition coefficient (Wildman–Crippen LogP) is 1.92. The molecule has 0 aliphatic carbocycles. The molecule has 1 amide bonds. The molecule has 0 aromatic heterocycles. The van der Waals surface area contributed by atoms with Crippen LogP contribution in [0.5, 0.6) is 17.2 Å². The minimum absolute atomic E-state index is 0. The van der Waals surface area contributed by atoms with Crippen molar-refractivity contribution in [3.05, 3.63) is 17.7 Å². The fourth-order valence-corrected chi connectivity index (χ4v) is 1.87. The number of methoxy groups -OCH3 is 3. The summed E-state index contributed by atoms with van der Waals surface area (Å²) in [7, 11) is 4.64. The lowest BCUT2D eigenvalue weighted by Gasteiger charge is -2.16. The first kappa shape index (κ1) is 15.2. The molecule has 19 heavy (non-hydrogen) atoms. The normalized spacial score (nSPS) is 17.0. The highest BCUT2D eigenvalue weighted by Crippen LogP contribution is 2.40. The number of hydrogen-bond acceptors (Lipinski definition) is 5. The summed E-state index contributed by atoms with van der Waals surface area (Å²) in [5.41, 5.74) is 0.843. The van der Waals surface area contributed by atoms with E-state index in [0.29, 0.717) is 17.2 Å². The largest absolute Gasteiger partial charge is 0.493 e. The highest BCUT2D eigenvalue weighted by molar-refractivity contribution is 5.85. The number of ether oxygens (including phenoxy) is 4. The molecule has 1 N–H and O–H groups in total. The van der Waals surface area contributed by atoms with Crippen LogP contribution in [0.1, 0.15) is 11.6 Å². The van der Waals surface area contributed by atoms with E-state index >= 15 is 0 Å². The quantitative estimate of drug-likeness (QED) is 0.917. The van der Waals surface area contributed by atoms with E-state index < -0.39 is 6.09 Å². The zero-order valence-electron chi connectivity index (χ0n) is 10.9. The Morgan fingerprint density at radius 1 is 1.16 bits per heavy atom. The van der Waals surface area contributed by atoms with Gasteiger partial charge in [0.25, 0.3) is 0 Å². The Kier molecular flexibility index (Phi) is 5.11. The van der Waals surface area contributed by atoms with Crippen molar-refractivity contribution >= 4 is 18.5 Å². The summed E-state index contributed by atoms with van der Waals surface area (Å²) >= 11 is 0. The highest BCUT2D eigenvalue weighted by atomic mass is 35.5. The number of hydrogen-bond donors (Lipinski definition) is 1. The smallest absolute Gasteiger partial charge is 0.407 e. The van der Waals surface area contributed by atoms with Crippen LogP contribution in [0, 0.1) is 0 Å². The molecule has 6 nitrogen and oxygen atoms in total. The maximum absolute atomic E-state index is 11.0. The van der Waals surface area contributed by atoms with Crippen LogP contribution in [0.15, 0.2) is 12.1 Å². The van der Waals surface area contributed by atoms with Gasteiger partial charge >= 0.3 is 6.09 Å². The maximum Gasteiger partial charge on any atom is 0.407 e. The van der Waals surface area contributed by atoms with Gasteiger partial charge in [0.05, 0.1) is 27.4 Å². The van der Waals surface area contributed by atoms with E-state index in [9.17, 15) is 4.79 Å². The van der Waals surface area contributed by atoms with Gasteiger partial charge in [0.15, 0.2) is 11.5 Å². The lowest BCUT2D eigenvalue weighted by molar-refractivity contribution is 0.177. The number of rotatable bonds is 4. The van der Waals surface area contributed by atoms with Crippen molar-refractivity contribution in [2.45, 2.75) is 6.04 Å². The Bertz CT molecular complexity index is 440. The summed E-state index contributed by atoms with van der Waals surface area (Å²) in [5, 5.41) is 2.70. The van der Waals surface area contributed by atoms with Crippen molar-refractivity contribution in [3.8, 4) is 17.2 Å². The van der Waals surface area contributed by atoms with E-state index in [2.05, 4.69) is 5.32 Å². The third-order valence-electron chi connectivity index (χ3n) is 2.76. The number of alkyl carbamates (subject to hydrolysis) is 1. The molecule has 2 rings (SSSR count). The van der Waals surface area contributed by atoms with Crippen molar-refractivity contribution in [3.63, 3.8) is 0 Å². The van der Waals surface area contributed by atoms with Crippen molar-refractivity contribution in [2.75, 3.05) is 27.9 Å². The van der Waals surface area contributed by atoms with Crippen molar-refractivity contribution in [2.24, 2.45) is 0 Å². The van der Waals surface area contributed by atoms with E-state index in [1.54, 1.807) is 33.5 Å². The van der Waals surface area contributed by atoms with Crippen LogP contribution in [0.4, 0.5) is 4.79 Å². The molecule has 1 aliphatic heterocycles. The summed E-state index contributed by atoms with van der Waals surface area (Å²) in [4.78, 5) is 11.0. The molecule has 7 heteroatoms. The summed E-state index contributed by atoms with van der Waals surface area (Å²) in [6, 6.07) is 3.38. The van der Waals surface area contributed by atoms with Gasteiger partial charge in [0.2, 0.25) is 5.75 Å². The Morgan fingerprint density at radius 2 is 1.74 bits per heavy atom. The Labute approximate surface area is 117 Å². The Balaban J connectivity index is 0.00000180. The number of carbonyl (C=O) groups is 1. The molecule has 1 heterocycles. The second-order valence-electron chi connectivity index (χ2n) is 3.75. The average molecular weight is 290 g/mol. The SMILES string of the molecule is COc1cc([C@@H]2COC(=O)N2)cc(OC)c1OC.Cl. The van der Waals surface area contributed by atoms with Crippen molar-refractivity contribution < 1.29 is 23.7 Å². The van der Waals surface area contributed by atoms with Crippen LogP contribution >= 0.6 is 12.4 Å². The third kappa shape index (κ3) is 2.96. The second kappa shape index (κ2) is 6.38. The molecular weight excluding hydrogens is 274 g/mol. The topological polar surface area (TPSA) is 66.0 Å². The van der Waals surface area contributed by atoms with Crippen LogP contribution in [0.3, 0.4) is 0 Å². The molecule has 1 fully saturated rings. The predicted molar refractivity (Wildman–Crippen MR) is 70.6 cm³/mol. The Morgan fingerprint density at radius 3 is 2.11 bits per heavy atom. The number of nitrogens with one attached hydrogen (secondary N) is 1. The molecular formula is C12H16ClNO5. The summed E-state index contributed by atoms with van der Waals surface area (Å²) < 4.78 is 20.6. The van der Waals surface area contributed by atoms with Crippen LogP contribution in [0.25, 0.3) is 0 Å².